The highest BCUT2D eigenvalue weighted by atomic mass is 16.1. The van der Waals surface area contributed by atoms with Crippen LogP contribution in [0.5, 0.6) is 0 Å². The fourth-order valence-corrected chi connectivity index (χ4v) is 1.73. The summed E-state index contributed by atoms with van der Waals surface area (Å²) in [6.07, 6.45) is 2.65. The van der Waals surface area contributed by atoms with Gasteiger partial charge in [0.05, 0.1) is 0 Å². The molecule has 1 aromatic carbocycles. The van der Waals surface area contributed by atoms with E-state index in [-0.39, 0.29) is 11.2 Å². The zero-order chi connectivity index (χ0) is 15.9. The largest absolute Gasteiger partial charge is 0.388 e. The van der Waals surface area contributed by atoms with E-state index in [1.54, 1.807) is 6.08 Å². The maximum Gasteiger partial charge on any atom is 0.230 e. The lowest BCUT2D eigenvalue weighted by atomic mass is 9.91. The van der Waals surface area contributed by atoms with Crippen LogP contribution in [0, 0.1) is 24.2 Å². The van der Waals surface area contributed by atoms with Crippen molar-refractivity contribution in [2.75, 3.05) is 6.54 Å². The van der Waals surface area contributed by atoms with E-state index in [1.165, 1.54) is 5.56 Å². The van der Waals surface area contributed by atoms with E-state index in [2.05, 4.69) is 44.9 Å². The van der Waals surface area contributed by atoms with Crippen molar-refractivity contribution in [2.24, 2.45) is 5.41 Å². The van der Waals surface area contributed by atoms with Crippen LogP contribution in [-0.2, 0) is 4.79 Å². The Morgan fingerprint density at radius 1 is 1.24 bits per heavy atom. The smallest absolute Gasteiger partial charge is 0.230 e. The topological polar surface area (TPSA) is 29.1 Å². The number of carbonyl (C=O) groups excluding carboxylic acids is 1. The Balaban J connectivity index is 2.86. The lowest BCUT2D eigenvalue weighted by Gasteiger charge is -2.24. The SMILES string of the molecule is CCCN/C(=C\C(=O)C#Cc1ccc(C)cc1)C(C)(C)C. The molecule has 0 unspecified atom stereocenters. The number of ketones is 1. The van der Waals surface area contributed by atoms with Crippen LogP contribution >= 0.6 is 0 Å². The first-order chi connectivity index (χ1) is 9.82. The first kappa shape index (κ1) is 17.0. The molecule has 0 heterocycles. The quantitative estimate of drug-likeness (QED) is 0.672. The van der Waals surface area contributed by atoms with Crippen LogP contribution in [0.1, 0.15) is 45.2 Å². The second-order valence-corrected chi connectivity index (χ2v) is 6.22. The zero-order valence-electron chi connectivity index (χ0n) is 13.7. The highest BCUT2D eigenvalue weighted by Gasteiger charge is 2.17. The van der Waals surface area contributed by atoms with Crippen LogP contribution in [-0.4, -0.2) is 12.3 Å². The summed E-state index contributed by atoms with van der Waals surface area (Å²) in [7, 11) is 0. The van der Waals surface area contributed by atoms with Crippen molar-refractivity contribution < 1.29 is 4.79 Å². The lowest BCUT2D eigenvalue weighted by Crippen LogP contribution is -2.26. The molecule has 0 aliphatic rings. The number of hydrogen-bond donors (Lipinski definition) is 1. The van der Waals surface area contributed by atoms with Gasteiger partial charge in [0.15, 0.2) is 0 Å². The number of allylic oxidation sites excluding steroid dienone is 2. The van der Waals surface area contributed by atoms with E-state index in [0.717, 1.165) is 24.2 Å². The fraction of sp³-hybridized carbons (Fsp3) is 0.421. The molecule has 0 saturated carbocycles. The van der Waals surface area contributed by atoms with E-state index in [4.69, 9.17) is 0 Å². The summed E-state index contributed by atoms with van der Waals surface area (Å²) in [6.45, 7) is 11.3. The minimum Gasteiger partial charge on any atom is -0.388 e. The average Bonchev–Trinajstić information content (AvgIpc) is 2.41. The molecule has 21 heavy (non-hydrogen) atoms. The second kappa shape index (κ2) is 7.69. The second-order valence-electron chi connectivity index (χ2n) is 6.22. The Hall–Kier alpha value is -2.01. The fourth-order valence-electron chi connectivity index (χ4n) is 1.73. The van der Waals surface area contributed by atoms with E-state index in [9.17, 15) is 4.79 Å². The molecule has 0 radical (unpaired) electrons. The van der Waals surface area contributed by atoms with Gasteiger partial charge in [0, 0.05) is 29.3 Å². The van der Waals surface area contributed by atoms with Crippen LogP contribution < -0.4 is 5.32 Å². The van der Waals surface area contributed by atoms with Crippen LogP contribution in [0.3, 0.4) is 0 Å². The number of benzene rings is 1. The molecule has 0 aromatic heterocycles. The summed E-state index contributed by atoms with van der Waals surface area (Å²) < 4.78 is 0. The maximum absolute atomic E-state index is 12.0. The first-order valence-electron chi connectivity index (χ1n) is 7.41. The minimum atomic E-state index is -0.163. The van der Waals surface area contributed by atoms with Gasteiger partial charge < -0.3 is 5.32 Å². The third kappa shape index (κ3) is 6.31. The van der Waals surface area contributed by atoms with Gasteiger partial charge in [-0.1, -0.05) is 51.3 Å². The van der Waals surface area contributed by atoms with Crippen molar-refractivity contribution in [2.45, 2.75) is 41.0 Å². The summed E-state index contributed by atoms with van der Waals surface area (Å²) in [6, 6.07) is 7.85. The first-order valence-corrected chi connectivity index (χ1v) is 7.41. The Kier molecular flexibility index (Phi) is 6.24. The van der Waals surface area contributed by atoms with Crippen molar-refractivity contribution in [1.82, 2.24) is 5.32 Å². The van der Waals surface area contributed by atoms with Gasteiger partial charge in [0.1, 0.15) is 0 Å². The Morgan fingerprint density at radius 3 is 2.38 bits per heavy atom. The van der Waals surface area contributed by atoms with Gasteiger partial charge in [-0.25, -0.2) is 0 Å². The number of hydrogen-bond acceptors (Lipinski definition) is 2. The third-order valence-corrected chi connectivity index (χ3v) is 3.03. The van der Waals surface area contributed by atoms with Crippen LogP contribution in [0.15, 0.2) is 36.0 Å². The van der Waals surface area contributed by atoms with E-state index in [0.29, 0.717) is 0 Å². The lowest BCUT2D eigenvalue weighted by molar-refractivity contribution is -0.109. The summed E-state index contributed by atoms with van der Waals surface area (Å²) >= 11 is 0. The molecule has 2 nitrogen and oxygen atoms in total. The van der Waals surface area contributed by atoms with Gasteiger partial charge in [-0.05, 0) is 31.4 Å². The van der Waals surface area contributed by atoms with E-state index < -0.39 is 0 Å². The molecule has 1 N–H and O–H groups in total. The van der Waals surface area contributed by atoms with Crippen molar-refractivity contribution in [3.63, 3.8) is 0 Å². The van der Waals surface area contributed by atoms with Crippen LogP contribution in [0.2, 0.25) is 0 Å². The summed E-state index contributed by atoms with van der Waals surface area (Å²) in [4.78, 5) is 12.0. The zero-order valence-corrected chi connectivity index (χ0v) is 13.7. The van der Waals surface area contributed by atoms with Crippen molar-refractivity contribution in [1.29, 1.82) is 0 Å². The Bertz CT molecular complexity index is 562. The highest BCUT2D eigenvalue weighted by Crippen LogP contribution is 2.22. The van der Waals surface area contributed by atoms with E-state index >= 15 is 0 Å². The predicted octanol–water partition coefficient (Wildman–Crippen LogP) is 3.85. The number of carbonyl (C=O) groups is 1. The minimum absolute atomic E-state index is 0.0869. The van der Waals surface area contributed by atoms with Gasteiger partial charge in [-0.2, -0.15) is 0 Å². The predicted molar refractivity (Wildman–Crippen MR) is 88.9 cm³/mol. The molecule has 0 amide bonds. The molecule has 0 bridgehead atoms. The average molecular weight is 283 g/mol. The number of aryl methyl sites for hydroxylation is 1. The molecule has 0 atom stereocenters. The van der Waals surface area contributed by atoms with Gasteiger partial charge in [0.2, 0.25) is 5.78 Å². The molecule has 0 saturated heterocycles. The van der Waals surface area contributed by atoms with Gasteiger partial charge >= 0.3 is 0 Å². The molecule has 1 rings (SSSR count). The van der Waals surface area contributed by atoms with E-state index in [1.807, 2.05) is 31.2 Å². The molecule has 1 aromatic rings. The normalized spacial score (nSPS) is 11.6. The Labute approximate surface area is 128 Å². The highest BCUT2D eigenvalue weighted by molar-refractivity contribution is 6.05. The third-order valence-electron chi connectivity index (χ3n) is 3.03. The summed E-state index contributed by atoms with van der Waals surface area (Å²) in [5, 5.41) is 3.32. The molecule has 0 fully saturated rings. The number of rotatable bonds is 4. The molecule has 112 valence electrons. The van der Waals surface area contributed by atoms with Crippen molar-refractivity contribution >= 4 is 5.78 Å². The van der Waals surface area contributed by atoms with Gasteiger partial charge in [-0.15, -0.1) is 0 Å². The molecule has 0 aliphatic heterocycles. The van der Waals surface area contributed by atoms with Crippen LogP contribution in [0.25, 0.3) is 0 Å². The standard InChI is InChI=1S/C19H25NO/c1-6-13-20-18(19(3,4)5)14-17(21)12-11-16-9-7-15(2)8-10-16/h7-10,14,20H,6,13H2,1-5H3/b18-14-. The van der Waals surface area contributed by atoms with Crippen LogP contribution in [0.4, 0.5) is 0 Å². The van der Waals surface area contributed by atoms with Gasteiger partial charge in [-0.3, -0.25) is 4.79 Å². The summed E-state index contributed by atoms with van der Waals surface area (Å²) in [5.74, 6) is 5.44. The van der Waals surface area contributed by atoms with Crippen molar-refractivity contribution in [3.8, 4) is 11.8 Å². The monoisotopic (exact) mass is 283 g/mol. The number of nitrogens with one attached hydrogen (secondary N) is 1. The maximum atomic E-state index is 12.0. The van der Waals surface area contributed by atoms with Crippen molar-refractivity contribution in [3.05, 3.63) is 47.2 Å². The molecule has 0 aliphatic carbocycles. The summed E-state index contributed by atoms with van der Waals surface area (Å²) in [5.41, 5.74) is 2.90. The molecular weight excluding hydrogens is 258 g/mol. The molecular formula is C19H25NO. The Morgan fingerprint density at radius 2 is 1.86 bits per heavy atom. The van der Waals surface area contributed by atoms with Gasteiger partial charge in [0.25, 0.3) is 0 Å². The molecule has 2 heteroatoms. The molecule has 0 spiro atoms.